The van der Waals surface area contributed by atoms with Crippen molar-refractivity contribution in [1.82, 2.24) is 9.80 Å². The van der Waals surface area contributed by atoms with Crippen LogP contribution in [0.2, 0.25) is 5.02 Å². The molecule has 0 aliphatic carbocycles. The van der Waals surface area contributed by atoms with Gasteiger partial charge < -0.3 is 30.3 Å². The van der Waals surface area contributed by atoms with Gasteiger partial charge in [-0.3, -0.25) is 9.69 Å². The van der Waals surface area contributed by atoms with E-state index in [0.717, 1.165) is 68.2 Å². The summed E-state index contributed by atoms with van der Waals surface area (Å²) in [6.07, 6.45) is -5.88. The zero-order chi connectivity index (χ0) is 34.8. The van der Waals surface area contributed by atoms with Crippen LogP contribution in [0.3, 0.4) is 0 Å². The highest BCUT2D eigenvalue weighted by Crippen LogP contribution is 2.28. The van der Waals surface area contributed by atoms with E-state index in [1.54, 1.807) is 25.3 Å². The van der Waals surface area contributed by atoms with E-state index in [1.165, 1.54) is 0 Å². The third-order valence-corrected chi connectivity index (χ3v) is 7.38. The van der Waals surface area contributed by atoms with E-state index in [2.05, 4.69) is 4.90 Å². The maximum absolute atomic E-state index is 12.9. The van der Waals surface area contributed by atoms with Gasteiger partial charge in [-0.1, -0.05) is 11.6 Å². The molecule has 0 unspecified atom stereocenters. The summed E-state index contributed by atoms with van der Waals surface area (Å²) in [5.41, 5.74) is 8.13. The standard InChI is InChI=1S/C25H32ClN3O3.2C2HF3O2/c1-17-15-19(26)4-6-23(17)32-21-9-13-28(14-10-21)20-7-11-29(12-8-20)25(30)18-3-5-22(27)24(16-18)31-2;2*3-2(4,5)1(6)7/h3-6,15-16,20-21H,7-14,27H2,1-2H3;2*(H,6,7). The number of ether oxygens (including phenoxy) is 2. The molecule has 2 aromatic carbocycles. The molecule has 2 aromatic rings. The molecular formula is C29H34ClF6N3O7. The highest BCUT2D eigenvalue weighted by atomic mass is 35.5. The average molecular weight is 686 g/mol. The number of hydrogen-bond acceptors (Lipinski definition) is 7. The third-order valence-electron chi connectivity index (χ3n) is 7.14. The number of carbonyl (C=O) groups excluding carboxylic acids is 1. The molecule has 17 heteroatoms. The molecule has 0 atom stereocenters. The van der Waals surface area contributed by atoms with Gasteiger partial charge in [-0.25, -0.2) is 9.59 Å². The molecule has 0 aromatic heterocycles. The number of likely N-dealkylation sites (tertiary alicyclic amines) is 2. The molecule has 2 saturated heterocycles. The number of carbonyl (C=O) groups is 3. The maximum Gasteiger partial charge on any atom is 0.490 e. The number of carboxylic acid groups (broad SMARTS) is 2. The molecule has 2 aliphatic heterocycles. The van der Waals surface area contributed by atoms with Crippen LogP contribution in [0.4, 0.5) is 32.0 Å². The predicted octanol–water partition coefficient (Wildman–Crippen LogP) is 5.65. The number of hydrogen-bond donors (Lipinski definition) is 3. The molecule has 4 N–H and O–H groups in total. The lowest BCUT2D eigenvalue weighted by molar-refractivity contribution is -0.193. The molecule has 2 fully saturated rings. The van der Waals surface area contributed by atoms with Crippen LogP contribution < -0.4 is 15.2 Å². The summed E-state index contributed by atoms with van der Waals surface area (Å²) in [6, 6.07) is 11.6. The Kier molecular flexibility index (Phi) is 13.8. The Labute approximate surface area is 265 Å². The van der Waals surface area contributed by atoms with Crippen molar-refractivity contribution < 1.29 is 60.4 Å². The molecule has 0 spiro atoms. The summed E-state index contributed by atoms with van der Waals surface area (Å²) in [4.78, 5) is 35.2. The van der Waals surface area contributed by atoms with Crippen molar-refractivity contribution in [3.05, 3.63) is 52.5 Å². The lowest BCUT2D eigenvalue weighted by Crippen LogP contribution is -2.50. The Morgan fingerprint density at radius 2 is 1.37 bits per heavy atom. The lowest BCUT2D eigenvalue weighted by atomic mass is 9.98. The first-order valence-corrected chi connectivity index (χ1v) is 14.2. The van der Waals surface area contributed by atoms with Gasteiger partial charge in [0.1, 0.15) is 17.6 Å². The van der Waals surface area contributed by atoms with Crippen molar-refractivity contribution in [3.8, 4) is 11.5 Å². The first-order valence-electron chi connectivity index (χ1n) is 13.8. The number of nitrogen functional groups attached to an aromatic ring is 1. The maximum atomic E-state index is 12.9. The fourth-order valence-corrected chi connectivity index (χ4v) is 4.97. The molecule has 4 rings (SSSR count). The number of methoxy groups -OCH3 is 1. The van der Waals surface area contributed by atoms with Crippen molar-refractivity contribution in [2.45, 2.75) is 57.1 Å². The minimum Gasteiger partial charge on any atom is -0.495 e. The van der Waals surface area contributed by atoms with Gasteiger partial charge >= 0.3 is 24.3 Å². The van der Waals surface area contributed by atoms with E-state index < -0.39 is 24.3 Å². The normalized spacial score (nSPS) is 16.3. The molecule has 0 radical (unpaired) electrons. The van der Waals surface area contributed by atoms with Gasteiger partial charge in [-0.15, -0.1) is 0 Å². The average Bonchev–Trinajstić information content (AvgIpc) is 2.98. The smallest absolute Gasteiger partial charge is 0.490 e. The first kappa shape index (κ1) is 38.3. The largest absolute Gasteiger partial charge is 0.495 e. The summed E-state index contributed by atoms with van der Waals surface area (Å²) in [6.45, 7) is 5.65. The van der Waals surface area contributed by atoms with E-state index in [4.69, 9.17) is 46.6 Å². The highest BCUT2D eigenvalue weighted by Gasteiger charge is 2.39. The number of aliphatic carboxylic acids is 2. The number of nitrogens with two attached hydrogens (primary N) is 1. The number of halogens is 7. The van der Waals surface area contributed by atoms with Crippen LogP contribution in [0.15, 0.2) is 36.4 Å². The number of nitrogens with zero attached hydrogens (tertiary/aromatic N) is 2. The van der Waals surface area contributed by atoms with Gasteiger partial charge in [0.15, 0.2) is 0 Å². The van der Waals surface area contributed by atoms with Crippen molar-refractivity contribution in [2.75, 3.05) is 39.0 Å². The van der Waals surface area contributed by atoms with Crippen LogP contribution in [0, 0.1) is 6.92 Å². The van der Waals surface area contributed by atoms with E-state index in [0.29, 0.717) is 23.0 Å². The Bertz CT molecular complexity index is 1320. The quantitative estimate of drug-likeness (QED) is 0.269. The number of aryl methyl sites for hydroxylation is 1. The molecule has 0 bridgehead atoms. The zero-order valence-electron chi connectivity index (χ0n) is 24.8. The molecule has 46 heavy (non-hydrogen) atoms. The van der Waals surface area contributed by atoms with E-state index in [-0.39, 0.29) is 12.0 Å². The van der Waals surface area contributed by atoms with Gasteiger partial charge in [0.2, 0.25) is 0 Å². The monoisotopic (exact) mass is 685 g/mol. The number of alkyl halides is 6. The molecule has 256 valence electrons. The minimum absolute atomic E-state index is 0.0483. The second-order valence-corrected chi connectivity index (χ2v) is 10.8. The molecule has 2 aliphatic rings. The third kappa shape index (κ3) is 11.8. The van der Waals surface area contributed by atoms with Gasteiger partial charge in [0.25, 0.3) is 5.91 Å². The number of piperidine rings is 2. The molecule has 1 amide bonds. The summed E-state index contributed by atoms with van der Waals surface area (Å²) >= 11 is 6.05. The zero-order valence-corrected chi connectivity index (χ0v) is 25.6. The van der Waals surface area contributed by atoms with Crippen LogP contribution in [0.5, 0.6) is 11.5 Å². The van der Waals surface area contributed by atoms with E-state index >= 15 is 0 Å². The molecule has 10 nitrogen and oxygen atoms in total. The summed E-state index contributed by atoms with van der Waals surface area (Å²) in [5, 5.41) is 15.0. The van der Waals surface area contributed by atoms with Crippen molar-refractivity contribution in [3.63, 3.8) is 0 Å². The van der Waals surface area contributed by atoms with E-state index in [9.17, 15) is 31.1 Å². The van der Waals surface area contributed by atoms with Gasteiger partial charge in [-0.05, 0) is 74.6 Å². The Morgan fingerprint density at radius 1 is 0.848 bits per heavy atom. The fourth-order valence-electron chi connectivity index (χ4n) is 4.74. The topological polar surface area (TPSA) is 143 Å². The second-order valence-electron chi connectivity index (χ2n) is 10.3. The predicted molar refractivity (Wildman–Crippen MR) is 155 cm³/mol. The van der Waals surface area contributed by atoms with Crippen LogP contribution in [0.1, 0.15) is 41.6 Å². The Balaban J connectivity index is 0.000000440. The SMILES string of the molecule is COc1cc(C(=O)N2CCC(N3CCC(Oc4ccc(Cl)cc4C)CC3)CC2)ccc1N.O=C(O)C(F)(F)F.O=C(O)C(F)(F)F. The fraction of sp³-hybridized carbons (Fsp3) is 0.483. The van der Waals surface area contributed by atoms with Crippen molar-refractivity contribution in [2.24, 2.45) is 0 Å². The van der Waals surface area contributed by atoms with Crippen LogP contribution >= 0.6 is 11.6 Å². The van der Waals surface area contributed by atoms with Crippen molar-refractivity contribution >= 4 is 35.1 Å². The summed E-state index contributed by atoms with van der Waals surface area (Å²) in [5.74, 6) is -3.99. The summed E-state index contributed by atoms with van der Waals surface area (Å²) in [7, 11) is 1.57. The van der Waals surface area contributed by atoms with Crippen LogP contribution in [-0.4, -0.2) is 95.6 Å². The Hall–Kier alpha value is -3.92. The number of benzene rings is 2. The van der Waals surface area contributed by atoms with Crippen LogP contribution in [0.25, 0.3) is 0 Å². The number of rotatable bonds is 5. The molecule has 0 saturated carbocycles. The molecular weight excluding hydrogens is 652 g/mol. The molecule has 2 heterocycles. The second kappa shape index (κ2) is 16.6. The lowest BCUT2D eigenvalue weighted by Gasteiger charge is -2.41. The number of carboxylic acids is 2. The highest BCUT2D eigenvalue weighted by molar-refractivity contribution is 6.30. The summed E-state index contributed by atoms with van der Waals surface area (Å²) < 4.78 is 75.0. The van der Waals surface area contributed by atoms with Gasteiger partial charge in [-0.2, -0.15) is 26.3 Å². The number of anilines is 1. The first-order chi connectivity index (χ1) is 21.3. The minimum atomic E-state index is -5.08. The Morgan fingerprint density at radius 3 is 1.83 bits per heavy atom. The van der Waals surface area contributed by atoms with Crippen molar-refractivity contribution in [1.29, 1.82) is 0 Å². The van der Waals surface area contributed by atoms with E-state index in [1.807, 2.05) is 30.0 Å². The van der Waals surface area contributed by atoms with Gasteiger partial charge in [0, 0.05) is 42.8 Å². The van der Waals surface area contributed by atoms with Crippen LogP contribution in [-0.2, 0) is 9.59 Å². The van der Waals surface area contributed by atoms with Gasteiger partial charge in [0.05, 0.1) is 12.8 Å². The number of amides is 1.